The number of rotatable bonds is 5. The molecule has 0 radical (unpaired) electrons. The maximum Gasteiger partial charge on any atom is 0.336 e. The second kappa shape index (κ2) is 6.79. The smallest absolute Gasteiger partial charge is 0.336 e. The lowest BCUT2D eigenvalue weighted by molar-refractivity contribution is 0.0696. The Labute approximate surface area is 131 Å². The molecule has 0 spiro atoms. The zero-order valence-electron chi connectivity index (χ0n) is 13.4. The molecule has 1 aromatic rings. The Kier molecular flexibility index (Phi) is 5.27. The van der Waals surface area contributed by atoms with Crippen molar-refractivity contribution in [3.8, 4) is 0 Å². The van der Waals surface area contributed by atoms with Gasteiger partial charge in [-0.15, -0.1) is 11.3 Å². The number of nitrogens with zero attached hydrogens (tertiary/aromatic N) is 2. The van der Waals surface area contributed by atoms with Crippen molar-refractivity contribution < 1.29 is 9.90 Å². The van der Waals surface area contributed by atoms with Crippen LogP contribution in [-0.4, -0.2) is 48.7 Å². The molecule has 0 aliphatic heterocycles. The number of carbonyl (C=O) groups is 1. The summed E-state index contributed by atoms with van der Waals surface area (Å²) in [5.41, 5.74) is 1.37. The second-order valence-electron chi connectivity index (χ2n) is 6.10. The third kappa shape index (κ3) is 3.40. The van der Waals surface area contributed by atoms with Crippen molar-refractivity contribution in [1.82, 2.24) is 4.90 Å². The minimum atomic E-state index is -0.817. The summed E-state index contributed by atoms with van der Waals surface area (Å²) in [5.74, 6) is -0.817. The molecule has 2 rings (SSSR count). The molecule has 0 unspecified atom stereocenters. The van der Waals surface area contributed by atoms with Crippen molar-refractivity contribution in [2.24, 2.45) is 0 Å². The van der Waals surface area contributed by atoms with Crippen molar-refractivity contribution in [3.63, 3.8) is 0 Å². The summed E-state index contributed by atoms with van der Waals surface area (Å²) < 4.78 is 0. The van der Waals surface area contributed by atoms with Crippen LogP contribution in [0.15, 0.2) is 5.38 Å². The third-order valence-electron chi connectivity index (χ3n) is 4.68. The molecule has 1 saturated carbocycles. The first-order chi connectivity index (χ1) is 9.95. The molecule has 1 fully saturated rings. The Hall–Kier alpha value is -1.07. The highest BCUT2D eigenvalue weighted by molar-refractivity contribution is 7.14. The van der Waals surface area contributed by atoms with Crippen LogP contribution in [0.5, 0.6) is 0 Å². The molecule has 0 atom stereocenters. The lowest BCUT2D eigenvalue weighted by Gasteiger charge is -2.39. The van der Waals surface area contributed by atoms with E-state index >= 15 is 0 Å². The first-order valence-electron chi connectivity index (χ1n) is 7.70. The Balaban J connectivity index is 2.12. The maximum absolute atomic E-state index is 11.2. The molecule has 0 bridgehead atoms. The normalized spacial score (nSPS) is 22.5. The fraction of sp³-hybridized carbons (Fsp3) is 0.688. The largest absolute Gasteiger partial charge is 0.478 e. The van der Waals surface area contributed by atoms with Crippen LogP contribution >= 0.6 is 11.3 Å². The number of hydrogen-bond donors (Lipinski definition) is 1. The topological polar surface area (TPSA) is 43.8 Å². The van der Waals surface area contributed by atoms with Crippen LogP contribution in [-0.2, 0) is 0 Å². The summed E-state index contributed by atoms with van der Waals surface area (Å²) in [7, 11) is 4.32. The van der Waals surface area contributed by atoms with Gasteiger partial charge >= 0.3 is 5.97 Å². The molecule has 1 aliphatic rings. The van der Waals surface area contributed by atoms with Crippen molar-refractivity contribution in [2.75, 3.05) is 25.5 Å². The minimum absolute atomic E-state index is 0.454. The van der Waals surface area contributed by atoms with Crippen molar-refractivity contribution in [2.45, 2.75) is 51.6 Å². The summed E-state index contributed by atoms with van der Waals surface area (Å²) in [4.78, 5) is 16.0. The highest BCUT2D eigenvalue weighted by Crippen LogP contribution is 2.36. The number of anilines is 1. The van der Waals surface area contributed by atoms with E-state index in [4.69, 9.17) is 0 Å². The van der Waals surface area contributed by atoms with Crippen LogP contribution in [0.4, 0.5) is 5.00 Å². The van der Waals surface area contributed by atoms with Crippen molar-refractivity contribution in [3.05, 3.63) is 16.5 Å². The monoisotopic (exact) mass is 310 g/mol. The molecule has 0 aromatic carbocycles. The lowest BCUT2D eigenvalue weighted by Crippen LogP contribution is -2.42. The minimum Gasteiger partial charge on any atom is -0.478 e. The van der Waals surface area contributed by atoms with Gasteiger partial charge in [0.25, 0.3) is 0 Å². The first-order valence-corrected chi connectivity index (χ1v) is 8.58. The third-order valence-corrected chi connectivity index (χ3v) is 5.80. The van der Waals surface area contributed by atoms with Crippen LogP contribution in [0.25, 0.3) is 0 Å². The molecule has 118 valence electrons. The van der Waals surface area contributed by atoms with E-state index in [9.17, 15) is 9.90 Å². The molecule has 0 saturated heterocycles. The maximum atomic E-state index is 11.2. The predicted octanol–water partition coefficient (Wildman–Crippen LogP) is 3.45. The van der Waals surface area contributed by atoms with Gasteiger partial charge < -0.3 is 14.9 Å². The van der Waals surface area contributed by atoms with Gasteiger partial charge in [-0.1, -0.05) is 0 Å². The molecule has 1 N–H and O–H groups in total. The molecule has 21 heavy (non-hydrogen) atoms. The van der Waals surface area contributed by atoms with E-state index in [0.717, 1.165) is 17.1 Å². The number of carboxylic acid groups (broad SMARTS) is 1. The van der Waals surface area contributed by atoms with Crippen LogP contribution in [0.2, 0.25) is 0 Å². The molecule has 4 nitrogen and oxygen atoms in total. The molecule has 1 aromatic heterocycles. The lowest BCUT2D eigenvalue weighted by atomic mass is 9.89. The zero-order valence-corrected chi connectivity index (χ0v) is 14.2. The Morgan fingerprint density at radius 2 is 1.86 bits per heavy atom. The number of aromatic carboxylic acids is 1. The van der Waals surface area contributed by atoms with Crippen LogP contribution in [0, 0.1) is 6.92 Å². The van der Waals surface area contributed by atoms with E-state index < -0.39 is 5.97 Å². The van der Waals surface area contributed by atoms with E-state index in [0.29, 0.717) is 17.6 Å². The fourth-order valence-electron chi connectivity index (χ4n) is 3.35. The van der Waals surface area contributed by atoms with Gasteiger partial charge in [-0.2, -0.15) is 0 Å². The Morgan fingerprint density at radius 1 is 1.29 bits per heavy atom. The molecule has 5 heteroatoms. The van der Waals surface area contributed by atoms with Crippen LogP contribution in [0.3, 0.4) is 0 Å². The van der Waals surface area contributed by atoms with Gasteiger partial charge in [-0.05, 0) is 59.2 Å². The van der Waals surface area contributed by atoms with Gasteiger partial charge in [0.15, 0.2) is 0 Å². The van der Waals surface area contributed by atoms with Gasteiger partial charge in [0.05, 0.1) is 10.6 Å². The summed E-state index contributed by atoms with van der Waals surface area (Å²) >= 11 is 1.57. The van der Waals surface area contributed by atoms with Crippen LogP contribution < -0.4 is 4.90 Å². The van der Waals surface area contributed by atoms with E-state index in [1.54, 1.807) is 16.7 Å². The number of thiophene rings is 1. The molecule has 1 aliphatic carbocycles. The molecular formula is C16H26N2O2S. The summed E-state index contributed by atoms with van der Waals surface area (Å²) in [5, 5.41) is 12.1. The SMILES string of the molecule is CCN(c1scc(C(=O)O)c1C)C1CCC(N(C)C)CC1. The average Bonchev–Trinajstić information content (AvgIpc) is 2.82. The van der Waals surface area contributed by atoms with Crippen LogP contribution in [0.1, 0.15) is 48.5 Å². The fourth-order valence-corrected chi connectivity index (χ4v) is 4.56. The highest BCUT2D eigenvalue weighted by atomic mass is 32.1. The number of hydrogen-bond acceptors (Lipinski definition) is 4. The standard InChI is InChI=1S/C16H26N2O2S/c1-5-18(13-8-6-12(7-9-13)17(3)4)15-11(2)14(10-21-15)16(19)20/h10,12-13H,5-9H2,1-4H3,(H,19,20). The van der Waals surface area contributed by atoms with E-state index in [2.05, 4.69) is 30.8 Å². The molecular weight excluding hydrogens is 284 g/mol. The van der Waals surface area contributed by atoms with E-state index in [1.807, 2.05) is 6.92 Å². The zero-order chi connectivity index (χ0) is 15.6. The van der Waals surface area contributed by atoms with Crippen molar-refractivity contribution >= 4 is 22.3 Å². The van der Waals surface area contributed by atoms with Gasteiger partial charge in [-0.25, -0.2) is 4.79 Å². The average molecular weight is 310 g/mol. The van der Waals surface area contributed by atoms with Gasteiger partial charge in [0.1, 0.15) is 0 Å². The predicted molar refractivity (Wildman–Crippen MR) is 88.8 cm³/mol. The number of carboxylic acids is 1. The summed E-state index contributed by atoms with van der Waals surface area (Å²) in [6.07, 6.45) is 4.83. The first kappa shape index (κ1) is 16.3. The van der Waals surface area contributed by atoms with Gasteiger partial charge in [0, 0.05) is 24.0 Å². The van der Waals surface area contributed by atoms with Gasteiger partial charge in [0.2, 0.25) is 0 Å². The van der Waals surface area contributed by atoms with Crippen molar-refractivity contribution in [1.29, 1.82) is 0 Å². The molecule has 0 amide bonds. The molecule has 1 heterocycles. The summed E-state index contributed by atoms with van der Waals surface area (Å²) in [6.45, 7) is 5.04. The quantitative estimate of drug-likeness (QED) is 0.904. The van der Waals surface area contributed by atoms with E-state index in [1.165, 1.54) is 25.7 Å². The highest BCUT2D eigenvalue weighted by Gasteiger charge is 2.28. The summed E-state index contributed by atoms with van der Waals surface area (Å²) in [6, 6.07) is 1.24. The Bertz CT molecular complexity index is 490. The van der Waals surface area contributed by atoms with E-state index in [-0.39, 0.29) is 0 Å². The van der Waals surface area contributed by atoms with Gasteiger partial charge in [-0.3, -0.25) is 0 Å². The Morgan fingerprint density at radius 3 is 2.29 bits per heavy atom. The second-order valence-corrected chi connectivity index (χ2v) is 6.95.